The summed E-state index contributed by atoms with van der Waals surface area (Å²) in [5, 5.41) is 0. The van der Waals surface area contributed by atoms with Crippen LogP contribution in [0.2, 0.25) is 0 Å². The van der Waals surface area contributed by atoms with Crippen molar-refractivity contribution >= 4 is 54.8 Å². The first-order valence-corrected chi connectivity index (χ1v) is 15.3. The molecule has 0 atom stereocenters. The van der Waals surface area contributed by atoms with Crippen LogP contribution in [0.1, 0.15) is 0 Å². The Hall–Kier alpha value is 7.12. The van der Waals surface area contributed by atoms with Crippen LogP contribution in [0.4, 0.5) is 0 Å². The van der Waals surface area contributed by atoms with E-state index >= 15 is 0 Å². The Labute approximate surface area is 392 Å². The van der Waals surface area contributed by atoms with Gasteiger partial charge in [-0.3, -0.25) is 0 Å². The molecule has 0 aromatic carbocycles. The van der Waals surface area contributed by atoms with Crippen molar-refractivity contribution in [1.29, 1.82) is 0 Å². The third kappa shape index (κ3) is 2740. The van der Waals surface area contributed by atoms with Crippen LogP contribution in [0, 0.1) is 0 Å². The Morgan fingerprint density at radius 2 is 0.213 bits per heavy atom. The number of hydrogen-bond acceptors (Lipinski definition) is 28. The number of hydrogen-bond donors (Lipinski definition) is 0. The molecule has 47 heteroatoms. The van der Waals surface area contributed by atoms with Gasteiger partial charge in [0.15, 0.2) is 0 Å². The maximum Gasteiger partial charge on any atom is 2.00 e. The molecule has 28 nitrogen and oxygen atoms in total. The van der Waals surface area contributed by atoms with E-state index in [1.807, 2.05) is 0 Å². The quantitative estimate of drug-likeness (QED) is 0.160. The minimum Gasteiger partial charge on any atom is -0.822 e. The fraction of sp³-hybridized carbons (Fsp3) is 0. The summed E-state index contributed by atoms with van der Waals surface area (Å²) < 4.78 is 59.8. The second kappa shape index (κ2) is 59.8. The number of phosphoric acid groups is 7. The van der Waals surface area contributed by atoms with E-state index < -0.39 is 54.8 Å². The molecule has 0 saturated carbocycles. The summed E-state index contributed by atoms with van der Waals surface area (Å²) in [5.41, 5.74) is 0. The van der Waals surface area contributed by atoms with Gasteiger partial charge in [0.25, 0.3) is 0 Å². The minimum atomic E-state index is -5.39. The molecular formula is Co3Li3Mn3Ni3O28P7. The molecule has 0 aliphatic carbocycles. The van der Waals surface area contributed by atoms with E-state index in [-0.39, 0.29) is 208 Å². The zero-order valence-corrected chi connectivity index (χ0v) is 36.5. The second-order valence-corrected chi connectivity index (χ2v) is 9.39. The Morgan fingerprint density at radius 3 is 0.213 bits per heavy atom. The Kier molecular flexibility index (Phi) is 158. The van der Waals surface area contributed by atoms with Crippen LogP contribution in [0.25, 0.3) is 0 Å². The van der Waals surface area contributed by atoms with Crippen LogP contribution in [-0.2, 0) is 183 Å². The molecule has 0 unspecified atom stereocenters. The molecule has 0 rings (SSSR count). The Bertz CT molecular complexity index is 608. The van der Waals surface area contributed by atoms with E-state index in [4.69, 9.17) is 135 Å². The largest absolute Gasteiger partial charge is 2.00 e. The molecule has 0 spiro atoms. The van der Waals surface area contributed by atoms with Crippen molar-refractivity contribution in [3.8, 4) is 0 Å². The van der Waals surface area contributed by atoms with Gasteiger partial charge in [0, 0.05) is 0 Å². The molecule has 6 radical (unpaired) electrons. The minimum absolute atomic E-state index is 0. The molecule has 0 aliphatic rings. The van der Waals surface area contributed by atoms with E-state index in [1.54, 1.807) is 0 Å². The fourth-order valence-corrected chi connectivity index (χ4v) is 0. The molecule has 0 aromatic rings. The summed E-state index contributed by atoms with van der Waals surface area (Å²) in [5.74, 6) is 0. The van der Waals surface area contributed by atoms with E-state index in [0.717, 1.165) is 0 Å². The maximum absolute atomic E-state index is 8.55. The van der Waals surface area contributed by atoms with Gasteiger partial charge in [0.2, 0.25) is 0 Å². The molecule has 0 aliphatic heterocycles. The van der Waals surface area contributed by atoms with Gasteiger partial charge in [0.1, 0.15) is 0 Å². The zero-order chi connectivity index (χ0) is 31.5. The predicted octanol–water partition coefficient (Wildman–Crippen LogP) is -28.8. The summed E-state index contributed by atoms with van der Waals surface area (Å²) in [4.78, 5) is 180. The average Bonchev–Trinajstić information content (AvgIpc) is 2.06. The second-order valence-electron chi connectivity index (χ2n) is 3.13. The van der Waals surface area contributed by atoms with Crippen LogP contribution < -0.4 is 159 Å². The molecule has 0 saturated heterocycles. The van der Waals surface area contributed by atoms with Gasteiger partial charge in [0.05, 0.1) is 0 Å². The molecule has 0 aromatic heterocycles. The van der Waals surface area contributed by atoms with Crippen LogP contribution in [0.3, 0.4) is 0 Å². The summed E-state index contributed by atoms with van der Waals surface area (Å²) in [6, 6.07) is 0. The molecule has 0 heterocycles. The third-order valence-electron chi connectivity index (χ3n) is 0. The first-order valence-electron chi connectivity index (χ1n) is 5.11. The van der Waals surface area contributed by atoms with E-state index in [0.29, 0.717) is 0 Å². The molecule has 0 fully saturated rings. The first kappa shape index (κ1) is 124. The average molecular weight is 1200 g/mol. The smallest absolute Gasteiger partial charge is 0.822 e. The van der Waals surface area contributed by atoms with Gasteiger partial charge >= 0.3 is 208 Å². The van der Waals surface area contributed by atoms with Gasteiger partial charge in [-0.2, -0.15) is 54.8 Å². The molecule has 0 bridgehead atoms. The zero-order valence-electron chi connectivity index (χ0n) is 20.6. The Balaban J connectivity index is -0.0000000110. The van der Waals surface area contributed by atoms with Crippen molar-refractivity contribution in [3.63, 3.8) is 0 Å². The number of rotatable bonds is 0. The van der Waals surface area contributed by atoms with Crippen molar-refractivity contribution in [2.24, 2.45) is 0 Å². The van der Waals surface area contributed by atoms with Crippen LogP contribution in [0.15, 0.2) is 0 Å². The van der Waals surface area contributed by atoms with Crippen molar-refractivity contribution in [3.05, 3.63) is 0 Å². The predicted molar refractivity (Wildman–Crippen MR) is 53.2 cm³/mol. The van der Waals surface area contributed by atoms with Crippen LogP contribution >= 0.6 is 54.8 Å². The van der Waals surface area contributed by atoms with Gasteiger partial charge in [-0.15, -0.1) is 0 Å². The fourth-order valence-electron chi connectivity index (χ4n) is 0. The van der Waals surface area contributed by atoms with Crippen molar-refractivity contribution < 1.29 is 342 Å². The maximum atomic E-state index is 8.55. The van der Waals surface area contributed by atoms with E-state index in [2.05, 4.69) is 0 Å². The van der Waals surface area contributed by atoms with Gasteiger partial charge in [-0.05, 0) is 0 Å². The van der Waals surface area contributed by atoms with E-state index in [9.17, 15) is 0 Å². The van der Waals surface area contributed by atoms with Crippen molar-refractivity contribution in [2.75, 3.05) is 0 Å². The first-order chi connectivity index (χ1) is 14.0. The summed E-state index contributed by atoms with van der Waals surface area (Å²) in [6.45, 7) is 0. The van der Waals surface area contributed by atoms with Gasteiger partial charge in [-0.1, -0.05) is 0 Å². The van der Waals surface area contributed by atoms with Crippen molar-refractivity contribution in [1.82, 2.24) is 0 Å². The topological polar surface area (TPSA) is 604 Å². The Morgan fingerprint density at radius 1 is 0.213 bits per heavy atom. The summed E-state index contributed by atoms with van der Waals surface area (Å²) in [7, 11) is -37.7. The van der Waals surface area contributed by atoms with Crippen LogP contribution in [-0.4, -0.2) is 0 Å². The monoisotopic (exact) mass is 1200 g/mol. The van der Waals surface area contributed by atoms with E-state index in [1.165, 1.54) is 0 Å². The van der Waals surface area contributed by atoms with Gasteiger partial charge < -0.3 is 135 Å². The van der Waals surface area contributed by atoms with Crippen molar-refractivity contribution in [2.45, 2.75) is 0 Å². The van der Waals surface area contributed by atoms with Gasteiger partial charge in [-0.25, -0.2) is 0 Å². The molecular weight excluding hydrogens is 1200 g/mol. The summed E-state index contributed by atoms with van der Waals surface area (Å²) >= 11 is 0. The molecule has 0 N–H and O–H groups in total. The SMILES string of the molecule is O=P([O-])([O-])[O-].O=P([O-])([O-])[O-].O=P([O-])([O-])[O-].O=P([O-])([O-])[O-].O=P([O-])([O-])[O-].O=P([O-])([O-])[O-].O=P([O-])([O-])[O-].[Co+2].[Co+2].[Co+2].[Li+].[Li+].[Li+].[Mn+2].[Mn+2].[Mn+2].[Ni+2].[Ni+2].[Ni+2]. The summed E-state index contributed by atoms with van der Waals surface area (Å²) in [6.07, 6.45) is 0. The molecule has 47 heavy (non-hydrogen) atoms. The third-order valence-corrected chi connectivity index (χ3v) is 0. The molecule has 0 amide bonds. The standard InChI is InChI=1S/3Co.3Li.3Mn.3Ni.7H3O4P/c;;;;;;;;;;;;7*1-5(2,3)4/h;;;;;;;;;;;;7*(H3,1,2,3,4)/q3*+2;3*+1;6*+2;;;;;;;/p-21. The normalized spacial score (nSPS) is 8.79. The molecule has 284 valence electrons. The van der Waals surface area contributed by atoms with Crippen LogP contribution in [0.5, 0.6) is 0 Å².